The molecule has 0 aromatic heterocycles. The summed E-state index contributed by atoms with van der Waals surface area (Å²) < 4.78 is 0. The summed E-state index contributed by atoms with van der Waals surface area (Å²) in [7, 11) is 0. The predicted molar refractivity (Wildman–Crippen MR) is 74.5 cm³/mol. The van der Waals surface area contributed by atoms with Crippen molar-refractivity contribution < 1.29 is 9.90 Å². The molecule has 0 saturated carbocycles. The molecule has 96 valence electrons. The van der Waals surface area contributed by atoms with Gasteiger partial charge in [0.25, 0.3) is 0 Å². The fraction of sp³-hybridized carbons (Fsp3) is 0.235. The molecule has 0 fully saturated rings. The fourth-order valence-electron chi connectivity index (χ4n) is 2.96. The molecular formula is C17H16O2. The van der Waals surface area contributed by atoms with Crippen LogP contribution in [0.3, 0.4) is 0 Å². The van der Waals surface area contributed by atoms with Crippen LogP contribution in [0.15, 0.2) is 42.5 Å². The Balaban J connectivity index is 2.25. The van der Waals surface area contributed by atoms with E-state index in [0.29, 0.717) is 0 Å². The molecule has 0 bridgehead atoms. The average Bonchev–Trinajstić information content (AvgIpc) is 2.54. The van der Waals surface area contributed by atoms with Gasteiger partial charge in [-0.2, -0.15) is 0 Å². The first kappa shape index (κ1) is 12.0. The van der Waals surface area contributed by atoms with Gasteiger partial charge in [0.2, 0.25) is 0 Å². The Kier molecular flexibility index (Phi) is 2.86. The van der Waals surface area contributed by atoms with Gasteiger partial charge >= 0.3 is 5.97 Å². The second-order valence-electron chi connectivity index (χ2n) is 5.17. The third-order valence-corrected chi connectivity index (χ3v) is 3.89. The number of benzene rings is 2. The first-order valence-electron chi connectivity index (χ1n) is 6.57. The third-order valence-electron chi connectivity index (χ3n) is 3.89. The summed E-state index contributed by atoms with van der Waals surface area (Å²) in [5.41, 5.74) is 5.33. The lowest BCUT2D eigenvalue weighted by atomic mass is 9.87. The maximum atomic E-state index is 11.7. The summed E-state index contributed by atoms with van der Waals surface area (Å²) in [5, 5.41) is 9.65. The highest BCUT2D eigenvalue weighted by Crippen LogP contribution is 2.34. The molecule has 2 aromatic rings. The van der Waals surface area contributed by atoms with Crippen LogP contribution in [0.5, 0.6) is 0 Å². The molecule has 0 amide bonds. The molecule has 0 aliphatic heterocycles. The molecule has 0 saturated heterocycles. The van der Waals surface area contributed by atoms with Crippen molar-refractivity contribution >= 4 is 5.97 Å². The Hall–Kier alpha value is -2.09. The van der Waals surface area contributed by atoms with Gasteiger partial charge in [0.1, 0.15) is 5.92 Å². The lowest BCUT2D eigenvalue weighted by Crippen LogP contribution is -2.14. The van der Waals surface area contributed by atoms with Crippen LogP contribution in [0, 0.1) is 6.92 Å². The Bertz CT molecular complexity index is 643. The zero-order chi connectivity index (χ0) is 13.4. The molecular weight excluding hydrogens is 236 g/mol. The van der Waals surface area contributed by atoms with Crippen molar-refractivity contribution in [3.63, 3.8) is 0 Å². The maximum Gasteiger partial charge on any atom is 0.315 e. The molecule has 0 spiro atoms. The van der Waals surface area contributed by atoms with E-state index in [0.717, 1.165) is 40.7 Å². The molecule has 1 aliphatic carbocycles. The van der Waals surface area contributed by atoms with Crippen molar-refractivity contribution in [3.8, 4) is 0 Å². The SMILES string of the molecule is Cc1ccc2c(c1)[C@H](C(=O)O)c1ccccc1CC2. The van der Waals surface area contributed by atoms with Gasteiger partial charge in [-0.15, -0.1) is 0 Å². The molecule has 2 aromatic carbocycles. The van der Waals surface area contributed by atoms with Crippen LogP contribution in [-0.4, -0.2) is 11.1 Å². The molecule has 0 unspecified atom stereocenters. The van der Waals surface area contributed by atoms with Crippen molar-refractivity contribution in [2.45, 2.75) is 25.7 Å². The highest BCUT2D eigenvalue weighted by atomic mass is 16.4. The van der Waals surface area contributed by atoms with Gasteiger partial charge in [0.15, 0.2) is 0 Å². The topological polar surface area (TPSA) is 37.3 Å². The lowest BCUT2D eigenvalue weighted by Gasteiger charge is -2.16. The second kappa shape index (κ2) is 4.54. The lowest BCUT2D eigenvalue weighted by molar-refractivity contribution is -0.137. The summed E-state index contributed by atoms with van der Waals surface area (Å²) in [6.07, 6.45) is 1.83. The van der Waals surface area contributed by atoms with E-state index in [1.807, 2.05) is 37.3 Å². The largest absolute Gasteiger partial charge is 0.481 e. The van der Waals surface area contributed by atoms with Gasteiger partial charge in [0.05, 0.1) is 0 Å². The Morgan fingerprint density at radius 1 is 1.05 bits per heavy atom. The summed E-state index contributed by atoms with van der Waals surface area (Å²) in [4.78, 5) is 11.7. The van der Waals surface area contributed by atoms with E-state index in [4.69, 9.17) is 0 Å². The van der Waals surface area contributed by atoms with Gasteiger partial charge in [-0.1, -0.05) is 48.0 Å². The van der Waals surface area contributed by atoms with E-state index >= 15 is 0 Å². The molecule has 1 N–H and O–H groups in total. The number of aryl methyl sites for hydroxylation is 3. The molecule has 19 heavy (non-hydrogen) atoms. The number of hydrogen-bond acceptors (Lipinski definition) is 1. The summed E-state index contributed by atoms with van der Waals surface area (Å²) in [5.74, 6) is -1.30. The Morgan fingerprint density at radius 2 is 1.74 bits per heavy atom. The van der Waals surface area contributed by atoms with Crippen LogP contribution < -0.4 is 0 Å². The molecule has 1 aliphatic rings. The van der Waals surface area contributed by atoms with Gasteiger partial charge in [-0.05, 0) is 42.0 Å². The van der Waals surface area contributed by atoms with Crippen LogP contribution >= 0.6 is 0 Å². The van der Waals surface area contributed by atoms with Crippen molar-refractivity contribution in [3.05, 3.63) is 70.3 Å². The highest BCUT2D eigenvalue weighted by molar-refractivity contribution is 5.82. The normalized spacial score (nSPS) is 17.2. The second-order valence-corrected chi connectivity index (χ2v) is 5.17. The van der Waals surface area contributed by atoms with Crippen LogP contribution in [0.4, 0.5) is 0 Å². The van der Waals surface area contributed by atoms with Gasteiger partial charge < -0.3 is 5.11 Å². The minimum atomic E-state index is -0.763. The average molecular weight is 252 g/mol. The molecule has 0 radical (unpaired) electrons. The summed E-state index contributed by atoms with van der Waals surface area (Å²) in [6.45, 7) is 2.01. The van der Waals surface area contributed by atoms with E-state index in [1.54, 1.807) is 0 Å². The van der Waals surface area contributed by atoms with E-state index in [1.165, 1.54) is 0 Å². The first-order chi connectivity index (χ1) is 9.16. The van der Waals surface area contributed by atoms with Crippen LogP contribution in [0.25, 0.3) is 0 Å². The van der Waals surface area contributed by atoms with Gasteiger partial charge in [0, 0.05) is 0 Å². The predicted octanol–water partition coefficient (Wildman–Crippen LogP) is 3.31. The van der Waals surface area contributed by atoms with E-state index < -0.39 is 11.9 Å². The standard InChI is InChI=1S/C17H16O2/c1-11-6-7-13-9-8-12-4-2-3-5-14(12)16(17(18)19)15(13)10-11/h2-7,10,16H,8-9H2,1H3,(H,18,19)/t16-/m1/s1. The van der Waals surface area contributed by atoms with Crippen molar-refractivity contribution in [2.24, 2.45) is 0 Å². The monoisotopic (exact) mass is 252 g/mol. The summed E-state index contributed by atoms with van der Waals surface area (Å²) >= 11 is 0. The number of aliphatic carboxylic acids is 1. The molecule has 1 atom stereocenters. The summed E-state index contributed by atoms with van der Waals surface area (Å²) in [6, 6.07) is 14.1. The molecule has 3 rings (SSSR count). The van der Waals surface area contributed by atoms with E-state index in [2.05, 4.69) is 12.1 Å². The van der Waals surface area contributed by atoms with Gasteiger partial charge in [-0.3, -0.25) is 4.79 Å². The van der Waals surface area contributed by atoms with Crippen molar-refractivity contribution in [1.82, 2.24) is 0 Å². The van der Waals surface area contributed by atoms with Crippen LogP contribution in [0.1, 0.15) is 33.7 Å². The van der Waals surface area contributed by atoms with Crippen LogP contribution in [0.2, 0.25) is 0 Å². The molecule has 2 nitrogen and oxygen atoms in total. The van der Waals surface area contributed by atoms with E-state index in [-0.39, 0.29) is 0 Å². The Morgan fingerprint density at radius 3 is 2.47 bits per heavy atom. The smallest absolute Gasteiger partial charge is 0.315 e. The molecule has 2 heteroatoms. The van der Waals surface area contributed by atoms with E-state index in [9.17, 15) is 9.90 Å². The quantitative estimate of drug-likeness (QED) is 0.845. The highest BCUT2D eigenvalue weighted by Gasteiger charge is 2.28. The van der Waals surface area contributed by atoms with Crippen LogP contribution in [-0.2, 0) is 17.6 Å². The molecule has 0 heterocycles. The van der Waals surface area contributed by atoms with Crippen molar-refractivity contribution in [2.75, 3.05) is 0 Å². The number of carboxylic acids is 1. The van der Waals surface area contributed by atoms with Crippen molar-refractivity contribution in [1.29, 1.82) is 0 Å². The zero-order valence-electron chi connectivity index (χ0n) is 10.9. The number of rotatable bonds is 1. The number of fused-ring (bicyclic) bond motifs is 2. The minimum Gasteiger partial charge on any atom is -0.481 e. The zero-order valence-corrected chi connectivity index (χ0v) is 10.9. The minimum absolute atomic E-state index is 0.534. The fourth-order valence-corrected chi connectivity index (χ4v) is 2.96. The number of carboxylic acid groups (broad SMARTS) is 1. The van der Waals surface area contributed by atoms with Gasteiger partial charge in [-0.25, -0.2) is 0 Å². The first-order valence-corrected chi connectivity index (χ1v) is 6.57. The third kappa shape index (κ3) is 2.03. The Labute approximate surface area is 112 Å². The number of carbonyl (C=O) groups is 1. The number of hydrogen-bond donors (Lipinski definition) is 1. The maximum absolute atomic E-state index is 11.7.